The fourth-order valence-electron chi connectivity index (χ4n) is 4.35. The van der Waals surface area contributed by atoms with Gasteiger partial charge in [-0.05, 0) is 18.8 Å². The van der Waals surface area contributed by atoms with Crippen molar-refractivity contribution in [3.05, 3.63) is 30.6 Å². The zero-order chi connectivity index (χ0) is 21.2. The van der Waals surface area contributed by atoms with E-state index < -0.39 is 23.7 Å². The lowest BCUT2D eigenvalue weighted by molar-refractivity contribution is -0.124. The molecular formula is C19H16F3N7O. The van der Waals surface area contributed by atoms with Gasteiger partial charge in [0.25, 0.3) is 0 Å². The van der Waals surface area contributed by atoms with Crippen molar-refractivity contribution in [2.24, 2.45) is 17.3 Å². The van der Waals surface area contributed by atoms with Gasteiger partial charge in [0.2, 0.25) is 5.91 Å². The minimum Gasteiger partial charge on any atom is -0.293 e. The first kappa shape index (κ1) is 18.6. The summed E-state index contributed by atoms with van der Waals surface area (Å²) in [6.45, 7) is -0.782. The Morgan fingerprint density at radius 2 is 2.03 bits per heavy atom. The summed E-state index contributed by atoms with van der Waals surface area (Å²) in [6.07, 6.45) is 6.30. The first-order valence-electron chi connectivity index (χ1n) is 9.46. The monoisotopic (exact) mass is 415 g/mol. The highest BCUT2D eigenvalue weighted by atomic mass is 19.3. The van der Waals surface area contributed by atoms with E-state index in [0.717, 1.165) is 25.2 Å². The van der Waals surface area contributed by atoms with E-state index in [1.165, 1.54) is 21.8 Å². The van der Waals surface area contributed by atoms with E-state index in [0.29, 0.717) is 4.68 Å². The molecule has 2 atom stereocenters. The van der Waals surface area contributed by atoms with Gasteiger partial charge in [0.15, 0.2) is 11.6 Å². The largest absolute Gasteiger partial charge is 0.333 e. The Balaban J connectivity index is 1.66. The number of nitrogens with zero attached hydrogens (tertiary/aromatic N) is 7. The molecule has 3 aromatic heterocycles. The highest BCUT2D eigenvalue weighted by molar-refractivity contribution is 6.04. The molecule has 2 aliphatic rings. The molecule has 0 spiro atoms. The summed E-state index contributed by atoms with van der Waals surface area (Å²) >= 11 is 0. The number of hydrogen-bond donors (Lipinski definition) is 0. The van der Waals surface area contributed by atoms with Crippen LogP contribution in [0.2, 0.25) is 0 Å². The van der Waals surface area contributed by atoms with Crippen LogP contribution in [0.4, 0.5) is 19.0 Å². The topological polar surface area (TPSA) is 92.1 Å². The third-order valence-electron chi connectivity index (χ3n) is 6.03. The number of carbonyl (C=O) groups excluding carboxylic acids is 1. The van der Waals surface area contributed by atoms with Crippen LogP contribution >= 0.6 is 0 Å². The number of nitriles is 1. The van der Waals surface area contributed by atoms with Crippen LogP contribution < -0.4 is 4.90 Å². The summed E-state index contributed by atoms with van der Waals surface area (Å²) in [4.78, 5) is 19.1. The summed E-state index contributed by atoms with van der Waals surface area (Å²) in [5.74, 6) is -1.35. The van der Waals surface area contributed by atoms with Gasteiger partial charge < -0.3 is 0 Å². The molecule has 0 N–H and O–H groups in total. The molecule has 30 heavy (non-hydrogen) atoms. The van der Waals surface area contributed by atoms with Gasteiger partial charge in [-0.2, -0.15) is 24.2 Å². The minimum atomic E-state index is -2.82. The molecule has 0 bridgehead atoms. The van der Waals surface area contributed by atoms with Gasteiger partial charge >= 0.3 is 6.55 Å². The molecule has 5 rings (SSSR count). The van der Waals surface area contributed by atoms with Gasteiger partial charge in [0, 0.05) is 24.2 Å². The van der Waals surface area contributed by atoms with E-state index in [2.05, 4.69) is 21.3 Å². The fraction of sp³-hybridized carbons (Fsp3) is 0.421. The lowest BCUT2D eigenvalue weighted by Crippen LogP contribution is -2.37. The second kappa shape index (κ2) is 6.29. The predicted octanol–water partition coefficient (Wildman–Crippen LogP) is 3.03. The SMILES string of the molecule is C[C@@H]1CN(c2nc(-c3cnn(C(F)F)c3)cn3ncc(F)c23)C(=O)[C@]1(C#N)C1CC1. The predicted molar refractivity (Wildman–Crippen MR) is 97.7 cm³/mol. The maximum atomic E-state index is 14.5. The lowest BCUT2D eigenvalue weighted by atomic mass is 9.75. The van der Waals surface area contributed by atoms with E-state index in [-0.39, 0.29) is 41.0 Å². The summed E-state index contributed by atoms with van der Waals surface area (Å²) in [6, 6.07) is 2.23. The molecule has 1 saturated carbocycles. The van der Waals surface area contributed by atoms with E-state index in [9.17, 15) is 23.2 Å². The summed E-state index contributed by atoms with van der Waals surface area (Å²) < 4.78 is 42.0. The standard InChI is InChI=1S/C19H16F3N7O/c1-10-6-27(17(30)19(10,9-23)12-2-3-12)16-15-13(20)5-25-28(15)8-14(26-16)11-4-24-29(7-11)18(21)22/h4-5,7-8,10,12,18H,2-3,6H2,1H3/t10-,19+/m1/s1. The summed E-state index contributed by atoms with van der Waals surface area (Å²) in [7, 11) is 0. The quantitative estimate of drug-likeness (QED) is 0.653. The number of rotatable bonds is 4. The Kier molecular flexibility index (Phi) is 3.90. The molecule has 0 radical (unpaired) electrons. The van der Waals surface area contributed by atoms with E-state index >= 15 is 0 Å². The molecule has 11 heteroatoms. The molecule has 1 aliphatic carbocycles. The zero-order valence-corrected chi connectivity index (χ0v) is 15.8. The number of anilines is 1. The third-order valence-corrected chi connectivity index (χ3v) is 6.03. The molecule has 0 unspecified atom stereocenters. The normalized spacial score (nSPS) is 24.2. The van der Waals surface area contributed by atoms with Gasteiger partial charge in [0.1, 0.15) is 10.9 Å². The van der Waals surface area contributed by atoms with Crippen LogP contribution in [0.3, 0.4) is 0 Å². The van der Waals surface area contributed by atoms with Crippen LogP contribution in [0.1, 0.15) is 26.3 Å². The van der Waals surface area contributed by atoms with E-state index in [1.54, 1.807) is 0 Å². The van der Waals surface area contributed by atoms with Gasteiger partial charge in [0.05, 0.1) is 30.4 Å². The van der Waals surface area contributed by atoms with Gasteiger partial charge in [-0.15, -0.1) is 0 Å². The van der Waals surface area contributed by atoms with Crippen LogP contribution in [0, 0.1) is 34.4 Å². The van der Waals surface area contributed by atoms with Crippen molar-refractivity contribution in [1.82, 2.24) is 24.4 Å². The molecule has 154 valence electrons. The Morgan fingerprint density at radius 3 is 2.67 bits per heavy atom. The van der Waals surface area contributed by atoms with E-state index in [1.807, 2.05) is 6.92 Å². The molecule has 1 aliphatic heterocycles. The van der Waals surface area contributed by atoms with Crippen molar-refractivity contribution in [2.75, 3.05) is 11.4 Å². The fourth-order valence-corrected chi connectivity index (χ4v) is 4.35. The Morgan fingerprint density at radius 1 is 1.27 bits per heavy atom. The third kappa shape index (κ3) is 2.46. The number of halogens is 3. The van der Waals surface area contributed by atoms with Crippen molar-refractivity contribution >= 4 is 17.2 Å². The van der Waals surface area contributed by atoms with Crippen molar-refractivity contribution in [2.45, 2.75) is 26.3 Å². The van der Waals surface area contributed by atoms with Crippen LogP contribution in [-0.2, 0) is 4.79 Å². The van der Waals surface area contributed by atoms with Gasteiger partial charge in [-0.3, -0.25) is 9.69 Å². The van der Waals surface area contributed by atoms with E-state index in [4.69, 9.17) is 0 Å². The van der Waals surface area contributed by atoms with Gasteiger partial charge in [-0.1, -0.05) is 6.92 Å². The number of carbonyl (C=O) groups is 1. The Hall–Kier alpha value is -3.42. The number of fused-ring (bicyclic) bond motifs is 1. The maximum Gasteiger partial charge on any atom is 0.333 e. The average Bonchev–Trinajstić information content (AvgIpc) is 3.22. The van der Waals surface area contributed by atoms with Crippen LogP contribution in [0.15, 0.2) is 24.8 Å². The van der Waals surface area contributed by atoms with Crippen LogP contribution in [0.25, 0.3) is 16.8 Å². The number of aromatic nitrogens is 5. The molecule has 8 nitrogen and oxygen atoms in total. The van der Waals surface area contributed by atoms with Crippen LogP contribution in [-0.4, -0.2) is 36.8 Å². The summed E-state index contributed by atoms with van der Waals surface area (Å²) in [5, 5.41) is 17.4. The number of amides is 1. The van der Waals surface area contributed by atoms with Crippen molar-refractivity contribution in [3.63, 3.8) is 0 Å². The molecule has 1 saturated heterocycles. The molecule has 1 amide bonds. The summed E-state index contributed by atoms with van der Waals surface area (Å²) in [5.41, 5.74) is -0.701. The van der Waals surface area contributed by atoms with Crippen molar-refractivity contribution in [3.8, 4) is 17.3 Å². The second-order valence-electron chi connectivity index (χ2n) is 7.79. The smallest absolute Gasteiger partial charge is 0.293 e. The highest BCUT2D eigenvalue weighted by Crippen LogP contribution is 2.54. The molecule has 4 heterocycles. The molecule has 0 aromatic carbocycles. The minimum absolute atomic E-state index is 0.00918. The molecule has 3 aromatic rings. The first-order valence-corrected chi connectivity index (χ1v) is 9.46. The Labute approximate surface area is 168 Å². The first-order chi connectivity index (χ1) is 14.4. The van der Waals surface area contributed by atoms with Gasteiger partial charge in [-0.25, -0.2) is 18.6 Å². The Bertz CT molecular complexity index is 1210. The number of hydrogen-bond acceptors (Lipinski definition) is 5. The molecule has 2 fully saturated rings. The average molecular weight is 415 g/mol. The highest BCUT2D eigenvalue weighted by Gasteiger charge is 2.61. The maximum absolute atomic E-state index is 14.5. The van der Waals surface area contributed by atoms with Crippen molar-refractivity contribution in [1.29, 1.82) is 5.26 Å². The molecular weight excluding hydrogens is 399 g/mol. The van der Waals surface area contributed by atoms with Crippen LogP contribution in [0.5, 0.6) is 0 Å². The second-order valence-corrected chi connectivity index (χ2v) is 7.79. The number of alkyl halides is 2. The zero-order valence-electron chi connectivity index (χ0n) is 15.8. The van der Waals surface area contributed by atoms with Crippen molar-refractivity contribution < 1.29 is 18.0 Å². The lowest BCUT2D eigenvalue weighted by Gasteiger charge is -2.23.